The molecule has 0 saturated carbocycles. The molecule has 0 spiro atoms. The number of ether oxygens (including phenoxy) is 1. The molecule has 0 radical (unpaired) electrons. The van der Waals surface area contributed by atoms with Gasteiger partial charge in [-0.25, -0.2) is 0 Å². The Balaban J connectivity index is 1.14. The Morgan fingerprint density at radius 1 is 0.811 bits per heavy atom. The lowest BCUT2D eigenvalue weighted by Crippen LogP contribution is -2.40. The van der Waals surface area contributed by atoms with Gasteiger partial charge in [-0.2, -0.15) is 0 Å². The monoisotopic (exact) mass is 497 g/mol. The minimum atomic E-state index is 0.287. The van der Waals surface area contributed by atoms with E-state index in [2.05, 4.69) is 107 Å². The number of hydrogen-bond acceptors (Lipinski definition) is 4. The lowest BCUT2D eigenvalue weighted by atomic mass is 9.90. The Bertz CT molecular complexity index is 1030. The molecule has 2 aliphatic rings. The van der Waals surface area contributed by atoms with Crippen molar-refractivity contribution < 1.29 is 4.74 Å². The summed E-state index contributed by atoms with van der Waals surface area (Å²) in [6.07, 6.45) is 5.08. The Labute approximate surface area is 223 Å². The van der Waals surface area contributed by atoms with Gasteiger partial charge in [-0.1, -0.05) is 85.8 Å². The molecular formula is C33H43N3O. The molecule has 2 fully saturated rings. The molecule has 2 heterocycles. The zero-order valence-corrected chi connectivity index (χ0v) is 22.4. The molecule has 2 saturated heterocycles. The largest absolute Gasteiger partial charge is 0.490 e. The molecule has 4 heteroatoms. The van der Waals surface area contributed by atoms with Crippen molar-refractivity contribution in [2.45, 2.75) is 57.2 Å². The van der Waals surface area contributed by atoms with E-state index in [9.17, 15) is 0 Å². The second-order valence-corrected chi connectivity index (χ2v) is 10.7. The first-order valence-electron chi connectivity index (χ1n) is 14.3. The summed E-state index contributed by atoms with van der Waals surface area (Å²) in [6, 6.07) is 31.2. The molecule has 0 bridgehead atoms. The quantitative estimate of drug-likeness (QED) is 0.355. The van der Waals surface area contributed by atoms with E-state index in [-0.39, 0.29) is 6.10 Å². The van der Waals surface area contributed by atoms with E-state index in [1.54, 1.807) is 0 Å². The lowest BCUT2D eigenvalue weighted by Gasteiger charge is -2.35. The Hall–Kier alpha value is -2.66. The number of benzene rings is 3. The first-order chi connectivity index (χ1) is 18.3. The van der Waals surface area contributed by atoms with Gasteiger partial charge in [0.05, 0.1) is 0 Å². The van der Waals surface area contributed by atoms with Gasteiger partial charge >= 0.3 is 0 Å². The van der Waals surface area contributed by atoms with Crippen molar-refractivity contribution >= 4 is 0 Å². The van der Waals surface area contributed by atoms with E-state index in [1.165, 1.54) is 36.1 Å². The highest BCUT2D eigenvalue weighted by Crippen LogP contribution is 2.28. The predicted molar refractivity (Wildman–Crippen MR) is 153 cm³/mol. The number of para-hydroxylation sites is 1. The summed E-state index contributed by atoms with van der Waals surface area (Å²) in [5, 5.41) is 3.72. The highest BCUT2D eigenvalue weighted by Gasteiger charge is 2.25. The average Bonchev–Trinajstić information content (AvgIpc) is 3.42. The molecule has 196 valence electrons. The van der Waals surface area contributed by atoms with Crippen molar-refractivity contribution in [3.63, 3.8) is 0 Å². The molecule has 1 atom stereocenters. The average molecular weight is 498 g/mol. The summed E-state index contributed by atoms with van der Waals surface area (Å²) < 4.78 is 6.60. The van der Waals surface area contributed by atoms with Gasteiger partial charge in [0.1, 0.15) is 11.9 Å². The van der Waals surface area contributed by atoms with Crippen molar-refractivity contribution in [3.05, 3.63) is 102 Å². The van der Waals surface area contributed by atoms with Crippen LogP contribution < -0.4 is 10.1 Å². The second-order valence-electron chi connectivity index (χ2n) is 10.7. The summed E-state index contributed by atoms with van der Waals surface area (Å²) in [6.45, 7) is 9.82. The van der Waals surface area contributed by atoms with Crippen LogP contribution in [-0.4, -0.2) is 61.2 Å². The van der Waals surface area contributed by atoms with Gasteiger partial charge in [-0.05, 0) is 56.0 Å². The molecule has 3 aromatic carbocycles. The molecule has 0 aliphatic carbocycles. The predicted octanol–water partition coefficient (Wildman–Crippen LogP) is 5.94. The maximum Gasteiger partial charge on any atom is 0.124 e. The molecule has 1 N–H and O–H groups in total. The van der Waals surface area contributed by atoms with Crippen LogP contribution in [0, 0.1) is 0 Å². The summed E-state index contributed by atoms with van der Waals surface area (Å²) in [5.74, 6) is 1.45. The molecular weight excluding hydrogens is 454 g/mol. The van der Waals surface area contributed by atoms with E-state index in [1.807, 2.05) is 0 Å². The maximum absolute atomic E-state index is 6.60. The zero-order valence-electron chi connectivity index (χ0n) is 22.4. The van der Waals surface area contributed by atoms with Crippen LogP contribution in [0.5, 0.6) is 5.75 Å². The standard InChI is InChI=1S/C33H43N3O/c1-2-36-21-11-17-30(36)25-34-24-29-16-9-10-18-33(29)37-31-19-22-35(23-20-31)26-32(27-12-5-3-6-13-27)28-14-7-4-8-15-28/h3-10,12-16,18,30-32,34H,2,11,17,19-26H2,1H3. The van der Waals surface area contributed by atoms with Crippen LogP contribution in [-0.2, 0) is 6.54 Å². The van der Waals surface area contributed by atoms with Crippen LogP contribution >= 0.6 is 0 Å². The van der Waals surface area contributed by atoms with Crippen LogP contribution in [0.15, 0.2) is 84.9 Å². The van der Waals surface area contributed by atoms with E-state index >= 15 is 0 Å². The van der Waals surface area contributed by atoms with Crippen LogP contribution in [0.2, 0.25) is 0 Å². The molecule has 37 heavy (non-hydrogen) atoms. The SMILES string of the molecule is CCN1CCCC1CNCc1ccccc1OC1CCN(CC(c2ccccc2)c2ccccc2)CC1. The number of piperidine rings is 1. The van der Waals surface area contributed by atoms with Gasteiger partial charge in [0.2, 0.25) is 0 Å². The van der Waals surface area contributed by atoms with Crippen LogP contribution in [0.4, 0.5) is 0 Å². The van der Waals surface area contributed by atoms with E-state index in [0.717, 1.165) is 57.9 Å². The second kappa shape index (κ2) is 13.2. The fourth-order valence-corrected chi connectivity index (χ4v) is 6.10. The Kier molecular flexibility index (Phi) is 9.28. The van der Waals surface area contributed by atoms with E-state index in [4.69, 9.17) is 4.74 Å². The summed E-state index contributed by atoms with van der Waals surface area (Å²) >= 11 is 0. The molecule has 5 rings (SSSR count). The van der Waals surface area contributed by atoms with Gasteiger partial charge in [0.25, 0.3) is 0 Å². The fraction of sp³-hybridized carbons (Fsp3) is 0.455. The molecule has 0 amide bonds. The van der Waals surface area contributed by atoms with Crippen molar-refractivity contribution in [1.82, 2.24) is 15.1 Å². The Morgan fingerprint density at radius 3 is 2.14 bits per heavy atom. The van der Waals surface area contributed by atoms with E-state index in [0.29, 0.717) is 12.0 Å². The summed E-state index contributed by atoms with van der Waals surface area (Å²) in [5.41, 5.74) is 4.07. The Morgan fingerprint density at radius 2 is 1.46 bits per heavy atom. The highest BCUT2D eigenvalue weighted by molar-refractivity contribution is 5.34. The van der Waals surface area contributed by atoms with Gasteiger partial charge in [0.15, 0.2) is 0 Å². The molecule has 4 nitrogen and oxygen atoms in total. The minimum Gasteiger partial charge on any atom is -0.490 e. The van der Waals surface area contributed by atoms with Crippen LogP contribution in [0.25, 0.3) is 0 Å². The van der Waals surface area contributed by atoms with Gasteiger partial charge in [0, 0.05) is 50.2 Å². The third kappa shape index (κ3) is 7.01. The first kappa shape index (κ1) is 26.0. The van der Waals surface area contributed by atoms with Crippen molar-refractivity contribution in [2.24, 2.45) is 0 Å². The molecule has 3 aromatic rings. The summed E-state index contributed by atoms with van der Waals surface area (Å²) in [4.78, 5) is 5.22. The number of hydrogen-bond donors (Lipinski definition) is 1. The van der Waals surface area contributed by atoms with Crippen LogP contribution in [0.3, 0.4) is 0 Å². The molecule has 0 aromatic heterocycles. The summed E-state index contributed by atoms with van der Waals surface area (Å²) in [7, 11) is 0. The maximum atomic E-state index is 6.60. The third-order valence-corrected chi connectivity index (χ3v) is 8.25. The van der Waals surface area contributed by atoms with E-state index < -0.39 is 0 Å². The fourth-order valence-electron chi connectivity index (χ4n) is 6.10. The van der Waals surface area contributed by atoms with Gasteiger partial charge in [-0.3, -0.25) is 4.90 Å². The van der Waals surface area contributed by atoms with Crippen molar-refractivity contribution in [2.75, 3.05) is 39.3 Å². The van der Waals surface area contributed by atoms with Crippen LogP contribution in [0.1, 0.15) is 55.2 Å². The topological polar surface area (TPSA) is 27.7 Å². The molecule has 1 unspecified atom stereocenters. The van der Waals surface area contributed by atoms with Gasteiger partial charge in [-0.15, -0.1) is 0 Å². The first-order valence-corrected chi connectivity index (χ1v) is 14.3. The number of likely N-dealkylation sites (N-methyl/N-ethyl adjacent to an activating group) is 1. The highest BCUT2D eigenvalue weighted by atomic mass is 16.5. The van der Waals surface area contributed by atoms with Crippen molar-refractivity contribution in [3.8, 4) is 5.75 Å². The van der Waals surface area contributed by atoms with Gasteiger partial charge < -0.3 is 15.0 Å². The number of nitrogens with zero attached hydrogens (tertiary/aromatic N) is 2. The zero-order chi connectivity index (χ0) is 25.3. The smallest absolute Gasteiger partial charge is 0.124 e. The lowest BCUT2D eigenvalue weighted by molar-refractivity contribution is 0.0979. The number of rotatable bonds is 11. The van der Waals surface area contributed by atoms with Crippen molar-refractivity contribution in [1.29, 1.82) is 0 Å². The number of nitrogens with one attached hydrogen (secondary N) is 1. The minimum absolute atomic E-state index is 0.287. The normalized spacial score (nSPS) is 19.5. The molecule has 2 aliphatic heterocycles. The number of likely N-dealkylation sites (tertiary alicyclic amines) is 2. The third-order valence-electron chi connectivity index (χ3n) is 8.25.